The van der Waals surface area contributed by atoms with E-state index < -0.39 is 11.6 Å². The zero-order valence-electron chi connectivity index (χ0n) is 14.6. The Kier molecular flexibility index (Phi) is 5.69. The summed E-state index contributed by atoms with van der Waals surface area (Å²) in [6.07, 6.45) is 1.91. The Bertz CT molecular complexity index is 522. The van der Waals surface area contributed by atoms with E-state index in [0.29, 0.717) is 12.5 Å². The summed E-state index contributed by atoms with van der Waals surface area (Å²) in [5, 5.41) is 13.0. The lowest BCUT2D eigenvalue weighted by Gasteiger charge is -2.29. The van der Waals surface area contributed by atoms with E-state index >= 15 is 0 Å². The van der Waals surface area contributed by atoms with Crippen molar-refractivity contribution in [2.45, 2.75) is 58.6 Å². The van der Waals surface area contributed by atoms with Gasteiger partial charge in [0, 0.05) is 0 Å². The summed E-state index contributed by atoms with van der Waals surface area (Å²) in [5.74, 6) is 1.00. The third-order valence-electron chi connectivity index (χ3n) is 4.41. The first-order valence-electron chi connectivity index (χ1n) is 8.53. The molecule has 0 spiro atoms. The van der Waals surface area contributed by atoms with E-state index in [1.54, 1.807) is 0 Å². The van der Waals surface area contributed by atoms with Crippen molar-refractivity contribution in [3.8, 4) is 5.75 Å². The maximum Gasteiger partial charge on any atom is 0.226 e. The molecule has 0 radical (unpaired) electrons. The van der Waals surface area contributed by atoms with E-state index in [4.69, 9.17) is 4.74 Å². The van der Waals surface area contributed by atoms with Gasteiger partial charge in [0.1, 0.15) is 5.75 Å². The number of aliphatic hydroxyl groups is 1. The first-order valence-corrected chi connectivity index (χ1v) is 8.53. The lowest BCUT2D eigenvalue weighted by Crippen LogP contribution is -2.45. The number of nitrogens with one attached hydrogen (secondary N) is 1. The molecule has 2 rings (SSSR count). The summed E-state index contributed by atoms with van der Waals surface area (Å²) >= 11 is 0. The van der Waals surface area contributed by atoms with Crippen molar-refractivity contribution in [2.24, 2.45) is 11.8 Å². The van der Waals surface area contributed by atoms with Crippen LogP contribution < -0.4 is 10.1 Å². The molecule has 4 nitrogen and oxygen atoms in total. The number of amides is 1. The van der Waals surface area contributed by atoms with Crippen molar-refractivity contribution in [3.63, 3.8) is 0 Å². The number of carbonyl (C=O) groups is 1. The average Bonchev–Trinajstić information content (AvgIpc) is 2.91. The molecule has 2 N–H and O–H groups in total. The van der Waals surface area contributed by atoms with Crippen LogP contribution in [0.25, 0.3) is 0 Å². The maximum absolute atomic E-state index is 12.4. The molecule has 2 atom stereocenters. The third kappa shape index (κ3) is 4.71. The third-order valence-corrected chi connectivity index (χ3v) is 4.41. The molecule has 4 heteroatoms. The fourth-order valence-corrected chi connectivity index (χ4v) is 2.95. The number of aliphatic hydroxyl groups excluding tert-OH is 1. The van der Waals surface area contributed by atoms with Crippen LogP contribution in [0.4, 0.5) is 0 Å². The fraction of sp³-hybridized carbons (Fsp3) is 0.632. The summed E-state index contributed by atoms with van der Waals surface area (Å²) in [6.45, 7) is 8.89. The molecular formula is C19H29NO3. The highest BCUT2D eigenvalue weighted by atomic mass is 16.5. The number of ether oxygens (including phenoxy) is 1. The first kappa shape index (κ1) is 17.8. The fourth-order valence-electron chi connectivity index (χ4n) is 2.95. The molecule has 1 aromatic rings. The summed E-state index contributed by atoms with van der Waals surface area (Å²) in [6, 6.07) is 7.86. The Morgan fingerprint density at radius 3 is 2.48 bits per heavy atom. The van der Waals surface area contributed by atoms with Gasteiger partial charge >= 0.3 is 0 Å². The highest BCUT2D eigenvalue weighted by Crippen LogP contribution is 2.28. The van der Waals surface area contributed by atoms with Crippen LogP contribution in [0.15, 0.2) is 24.3 Å². The smallest absolute Gasteiger partial charge is 0.226 e. The Hall–Kier alpha value is -1.55. The van der Waals surface area contributed by atoms with Crippen molar-refractivity contribution < 1.29 is 14.6 Å². The minimum atomic E-state index is -0.502. The molecule has 128 valence electrons. The van der Waals surface area contributed by atoms with Crippen molar-refractivity contribution in [1.29, 1.82) is 0 Å². The molecule has 1 aromatic carbocycles. The predicted octanol–water partition coefficient (Wildman–Crippen LogP) is 3.23. The predicted molar refractivity (Wildman–Crippen MR) is 91.3 cm³/mol. The van der Waals surface area contributed by atoms with Gasteiger partial charge in [-0.15, -0.1) is 0 Å². The summed E-state index contributed by atoms with van der Waals surface area (Å²) in [5.41, 5.74) is 0.547. The molecule has 0 bridgehead atoms. The Labute approximate surface area is 139 Å². The van der Waals surface area contributed by atoms with E-state index in [-0.39, 0.29) is 11.8 Å². The van der Waals surface area contributed by atoms with E-state index in [1.807, 2.05) is 38.1 Å². The van der Waals surface area contributed by atoms with Gasteiger partial charge in [-0.3, -0.25) is 4.79 Å². The molecule has 1 saturated carbocycles. The van der Waals surface area contributed by atoms with Gasteiger partial charge in [-0.1, -0.05) is 26.0 Å². The molecule has 2 unspecified atom stereocenters. The molecule has 0 heterocycles. The Morgan fingerprint density at radius 1 is 1.30 bits per heavy atom. The highest BCUT2D eigenvalue weighted by molar-refractivity contribution is 5.80. The van der Waals surface area contributed by atoms with Gasteiger partial charge in [0.2, 0.25) is 5.91 Å². The number of rotatable bonds is 6. The quantitative estimate of drug-likeness (QED) is 0.846. The maximum atomic E-state index is 12.4. The van der Waals surface area contributed by atoms with Gasteiger partial charge in [-0.25, -0.2) is 0 Å². The zero-order chi connectivity index (χ0) is 17.0. The Balaban J connectivity index is 1.99. The summed E-state index contributed by atoms with van der Waals surface area (Å²) < 4.78 is 5.69. The average molecular weight is 319 g/mol. The number of benzene rings is 1. The Morgan fingerprint density at radius 2 is 1.96 bits per heavy atom. The molecule has 1 aliphatic rings. The van der Waals surface area contributed by atoms with E-state index in [2.05, 4.69) is 19.2 Å². The van der Waals surface area contributed by atoms with Crippen LogP contribution in [0, 0.1) is 11.8 Å². The van der Waals surface area contributed by atoms with Crippen LogP contribution in [0.1, 0.15) is 52.5 Å². The lowest BCUT2D eigenvalue weighted by atomic mass is 9.92. The highest BCUT2D eigenvalue weighted by Gasteiger charge is 2.34. The van der Waals surface area contributed by atoms with E-state index in [0.717, 1.165) is 30.6 Å². The molecule has 0 aliphatic heterocycles. The first-order chi connectivity index (χ1) is 10.8. The largest absolute Gasteiger partial charge is 0.493 e. The van der Waals surface area contributed by atoms with Crippen LogP contribution in [-0.4, -0.2) is 23.7 Å². The molecule has 1 aliphatic carbocycles. The molecule has 1 amide bonds. The van der Waals surface area contributed by atoms with Crippen LogP contribution in [-0.2, 0) is 10.3 Å². The van der Waals surface area contributed by atoms with E-state index in [1.165, 1.54) is 0 Å². The lowest BCUT2D eigenvalue weighted by molar-refractivity contribution is -0.129. The molecular weight excluding hydrogens is 290 g/mol. The summed E-state index contributed by atoms with van der Waals surface area (Å²) in [4.78, 5) is 12.4. The van der Waals surface area contributed by atoms with Gasteiger partial charge in [-0.05, 0) is 56.7 Å². The zero-order valence-corrected chi connectivity index (χ0v) is 14.6. The minimum Gasteiger partial charge on any atom is -0.493 e. The molecule has 0 aromatic heterocycles. The standard InChI is InChI=1S/C19H29NO3/c1-13(2)12-23-15-10-8-14(9-11-15)19(3,4)20-18(22)16-6-5-7-17(16)21/h8-11,13,16-17,21H,5-7,12H2,1-4H3,(H,20,22). The topological polar surface area (TPSA) is 58.6 Å². The van der Waals surface area contributed by atoms with Gasteiger partial charge in [0.15, 0.2) is 0 Å². The number of carbonyl (C=O) groups excluding carboxylic acids is 1. The van der Waals surface area contributed by atoms with Crippen molar-refractivity contribution in [2.75, 3.05) is 6.61 Å². The van der Waals surface area contributed by atoms with Crippen LogP contribution in [0.3, 0.4) is 0 Å². The van der Waals surface area contributed by atoms with Gasteiger partial charge in [-0.2, -0.15) is 0 Å². The SMILES string of the molecule is CC(C)COc1ccc(C(C)(C)NC(=O)C2CCCC2O)cc1. The van der Waals surface area contributed by atoms with Crippen LogP contribution in [0.2, 0.25) is 0 Å². The van der Waals surface area contributed by atoms with Gasteiger partial charge in [0.25, 0.3) is 0 Å². The number of hydrogen-bond donors (Lipinski definition) is 2. The second kappa shape index (κ2) is 7.35. The number of hydrogen-bond acceptors (Lipinski definition) is 3. The van der Waals surface area contributed by atoms with Gasteiger partial charge < -0.3 is 15.2 Å². The van der Waals surface area contributed by atoms with Crippen LogP contribution >= 0.6 is 0 Å². The van der Waals surface area contributed by atoms with Crippen molar-refractivity contribution in [1.82, 2.24) is 5.32 Å². The minimum absolute atomic E-state index is 0.0554. The summed E-state index contributed by atoms with van der Waals surface area (Å²) in [7, 11) is 0. The second-order valence-corrected chi connectivity index (χ2v) is 7.45. The van der Waals surface area contributed by atoms with Crippen molar-refractivity contribution >= 4 is 5.91 Å². The van der Waals surface area contributed by atoms with Crippen molar-refractivity contribution in [3.05, 3.63) is 29.8 Å². The van der Waals surface area contributed by atoms with Crippen LogP contribution in [0.5, 0.6) is 5.75 Å². The monoisotopic (exact) mass is 319 g/mol. The van der Waals surface area contributed by atoms with E-state index in [9.17, 15) is 9.90 Å². The molecule has 23 heavy (non-hydrogen) atoms. The molecule has 1 fully saturated rings. The molecule has 0 saturated heterocycles. The normalized spacial score (nSPS) is 21.5. The van der Waals surface area contributed by atoms with Gasteiger partial charge in [0.05, 0.1) is 24.2 Å². The second-order valence-electron chi connectivity index (χ2n) is 7.45.